The van der Waals surface area contributed by atoms with Crippen LogP contribution in [-0.4, -0.2) is 5.60 Å². The van der Waals surface area contributed by atoms with Crippen LogP contribution in [0.15, 0.2) is 45.6 Å². The van der Waals surface area contributed by atoms with E-state index in [-0.39, 0.29) is 17.1 Å². The highest BCUT2D eigenvalue weighted by Gasteiger charge is 2.47. The molecule has 1 aliphatic carbocycles. The number of hydrogen-bond donors (Lipinski definition) is 0. The fourth-order valence-corrected chi connectivity index (χ4v) is 4.61. The van der Waals surface area contributed by atoms with Crippen LogP contribution in [-0.2, 0) is 0 Å². The van der Waals surface area contributed by atoms with E-state index in [1.165, 1.54) is 0 Å². The summed E-state index contributed by atoms with van der Waals surface area (Å²) in [4.78, 5) is 12.8. The SMILES string of the molecule is CC(C)[C@@H]1CC[C@]2(C)C[C@H]1c1c(cc(/C=C/c3ccccc3)oc1=O)O2. The molecule has 136 valence electrons. The van der Waals surface area contributed by atoms with Gasteiger partial charge >= 0.3 is 5.63 Å². The highest BCUT2D eigenvalue weighted by Crippen LogP contribution is 2.52. The summed E-state index contributed by atoms with van der Waals surface area (Å²) >= 11 is 0. The maximum Gasteiger partial charge on any atom is 0.343 e. The van der Waals surface area contributed by atoms with Crippen LogP contribution in [0.1, 0.15) is 62.8 Å². The Hall–Kier alpha value is -2.29. The Morgan fingerprint density at radius 1 is 1.19 bits per heavy atom. The van der Waals surface area contributed by atoms with Crippen molar-refractivity contribution in [1.82, 2.24) is 0 Å². The number of hydrogen-bond acceptors (Lipinski definition) is 3. The van der Waals surface area contributed by atoms with Crippen molar-refractivity contribution in [2.45, 2.75) is 51.6 Å². The minimum atomic E-state index is -0.241. The molecular formula is C23H26O3. The van der Waals surface area contributed by atoms with Crippen LogP contribution in [0.5, 0.6) is 5.75 Å². The van der Waals surface area contributed by atoms with E-state index < -0.39 is 0 Å². The van der Waals surface area contributed by atoms with Gasteiger partial charge in [0.25, 0.3) is 0 Å². The quantitative estimate of drug-likeness (QED) is 0.733. The summed E-state index contributed by atoms with van der Waals surface area (Å²) in [6, 6.07) is 11.9. The van der Waals surface area contributed by atoms with Crippen molar-refractivity contribution in [3.8, 4) is 5.75 Å². The first-order valence-electron chi connectivity index (χ1n) is 9.55. The van der Waals surface area contributed by atoms with Gasteiger partial charge in [0.15, 0.2) is 0 Å². The molecule has 2 aromatic rings. The molecule has 1 saturated carbocycles. The van der Waals surface area contributed by atoms with Crippen molar-refractivity contribution >= 4 is 12.2 Å². The highest BCUT2D eigenvalue weighted by molar-refractivity contribution is 5.67. The number of fused-ring (bicyclic) bond motifs is 4. The second-order valence-electron chi connectivity index (χ2n) is 8.27. The molecule has 1 aromatic carbocycles. The fourth-order valence-electron chi connectivity index (χ4n) is 4.61. The third-order valence-electron chi connectivity index (χ3n) is 5.97. The third kappa shape index (κ3) is 3.11. The average molecular weight is 350 g/mol. The van der Waals surface area contributed by atoms with E-state index in [1.807, 2.05) is 48.6 Å². The number of ether oxygens (including phenoxy) is 1. The smallest absolute Gasteiger partial charge is 0.343 e. The molecule has 2 aliphatic rings. The van der Waals surface area contributed by atoms with Crippen LogP contribution in [0.3, 0.4) is 0 Å². The van der Waals surface area contributed by atoms with Gasteiger partial charge in [0.2, 0.25) is 0 Å². The maximum atomic E-state index is 12.8. The third-order valence-corrected chi connectivity index (χ3v) is 5.97. The molecule has 2 bridgehead atoms. The monoisotopic (exact) mass is 350 g/mol. The van der Waals surface area contributed by atoms with Gasteiger partial charge in [0.1, 0.15) is 17.1 Å². The van der Waals surface area contributed by atoms with Crippen molar-refractivity contribution in [1.29, 1.82) is 0 Å². The van der Waals surface area contributed by atoms with Crippen molar-refractivity contribution in [2.75, 3.05) is 0 Å². The molecule has 3 atom stereocenters. The summed E-state index contributed by atoms with van der Waals surface area (Å²) in [5, 5.41) is 0. The summed E-state index contributed by atoms with van der Waals surface area (Å²) in [7, 11) is 0. The normalized spacial score (nSPS) is 27.4. The first-order chi connectivity index (χ1) is 12.5. The standard InChI is InChI=1S/C23H26O3/c1-15(2)18-11-12-23(3)14-19(18)21-20(26-23)13-17(25-22(21)24)10-9-16-7-5-4-6-8-16/h4-10,13,15,18-19H,11-12,14H2,1-3H3/b10-9+/t18-,19+,23+/m0/s1. The van der Waals surface area contributed by atoms with Gasteiger partial charge in [0.05, 0.1) is 5.56 Å². The molecular weight excluding hydrogens is 324 g/mol. The topological polar surface area (TPSA) is 39.4 Å². The van der Waals surface area contributed by atoms with E-state index in [9.17, 15) is 4.79 Å². The fraction of sp³-hybridized carbons (Fsp3) is 0.435. The average Bonchev–Trinajstić information content (AvgIpc) is 2.59. The van der Waals surface area contributed by atoms with E-state index in [0.29, 0.717) is 17.6 Å². The van der Waals surface area contributed by atoms with Gasteiger partial charge in [-0.2, -0.15) is 0 Å². The van der Waals surface area contributed by atoms with Gasteiger partial charge in [-0.05, 0) is 49.7 Å². The van der Waals surface area contributed by atoms with Gasteiger partial charge in [-0.15, -0.1) is 0 Å². The Labute approximate surface area is 154 Å². The summed E-state index contributed by atoms with van der Waals surface area (Å²) in [6.45, 7) is 6.68. The molecule has 0 unspecified atom stereocenters. The van der Waals surface area contributed by atoms with E-state index >= 15 is 0 Å². The molecule has 2 heterocycles. The largest absolute Gasteiger partial charge is 0.487 e. The molecule has 3 nitrogen and oxygen atoms in total. The lowest BCUT2D eigenvalue weighted by atomic mass is 9.64. The summed E-state index contributed by atoms with van der Waals surface area (Å²) < 4.78 is 11.9. The lowest BCUT2D eigenvalue weighted by molar-refractivity contribution is -0.00977. The van der Waals surface area contributed by atoms with Crippen LogP contribution in [0.25, 0.3) is 12.2 Å². The molecule has 0 saturated heterocycles. The van der Waals surface area contributed by atoms with Crippen LogP contribution in [0.2, 0.25) is 0 Å². The molecule has 1 fully saturated rings. The Morgan fingerprint density at radius 3 is 2.69 bits per heavy atom. The second kappa shape index (κ2) is 6.46. The minimum absolute atomic E-state index is 0.169. The van der Waals surface area contributed by atoms with Crippen LogP contribution < -0.4 is 10.4 Å². The van der Waals surface area contributed by atoms with E-state index in [4.69, 9.17) is 9.15 Å². The van der Waals surface area contributed by atoms with Crippen molar-refractivity contribution in [3.05, 3.63) is 63.7 Å². The van der Waals surface area contributed by atoms with Crippen LogP contribution >= 0.6 is 0 Å². The molecule has 0 spiro atoms. The molecule has 4 rings (SSSR count). The van der Waals surface area contributed by atoms with Gasteiger partial charge < -0.3 is 9.15 Å². The summed E-state index contributed by atoms with van der Waals surface area (Å²) in [6.07, 6.45) is 6.85. The molecule has 1 aliphatic heterocycles. The Bertz CT molecular complexity index is 878. The summed E-state index contributed by atoms with van der Waals surface area (Å²) in [5.74, 6) is 2.56. The Balaban J connectivity index is 1.73. The van der Waals surface area contributed by atoms with Crippen LogP contribution in [0.4, 0.5) is 0 Å². The lowest BCUT2D eigenvalue weighted by Crippen LogP contribution is -2.46. The van der Waals surface area contributed by atoms with E-state index in [0.717, 1.165) is 36.1 Å². The van der Waals surface area contributed by atoms with E-state index in [2.05, 4.69) is 20.8 Å². The van der Waals surface area contributed by atoms with Crippen molar-refractivity contribution in [3.63, 3.8) is 0 Å². The molecule has 1 aromatic heterocycles. The molecule has 0 amide bonds. The van der Waals surface area contributed by atoms with Gasteiger partial charge in [-0.3, -0.25) is 0 Å². The first kappa shape index (κ1) is 17.1. The second-order valence-corrected chi connectivity index (χ2v) is 8.27. The van der Waals surface area contributed by atoms with Gasteiger partial charge in [0, 0.05) is 12.0 Å². The van der Waals surface area contributed by atoms with Gasteiger partial charge in [-0.25, -0.2) is 4.79 Å². The van der Waals surface area contributed by atoms with E-state index in [1.54, 1.807) is 0 Å². The zero-order chi connectivity index (χ0) is 18.3. The first-order valence-corrected chi connectivity index (χ1v) is 9.55. The maximum absolute atomic E-state index is 12.8. The van der Waals surface area contributed by atoms with Crippen molar-refractivity contribution in [2.24, 2.45) is 11.8 Å². The Kier molecular flexibility index (Phi) is 4.26. The minimum Gasteiger partial charge on any atom is -0.487 e. The number of rotatable bonds is 3. The van der Waals surface area contributed by atoms with Crippen molar-refractivity contribution < 1.29 is 9.15 Å². The van der Waals surface area contributed by atoms with Gasteiger partial charge in [-0.1, -0.05) is 50.3 Å². The summed E-state index contributed by atoms with van der Waals surface area (Å²) in [5.41, 5.74) is 1.40. The zero-order valence-electron chi connectivity index (χ0n) is 15.7. The molecule has 3 heteroatoms. The number of benzene rings is 1. The highest BCUT2D eigenvalue weighted by atomic mass is 16.5. The lowest BCUT2D eigenvalue weighted by Gasteiger charge is -2.48. The Morgan fingerprint density at radius 2 is 1.96 bits per heavy atom. The predicted molar refractivity (Wildman–Crippen MR) is 104 cm³/mol. The predicted octanol–water partition coefficient (Wildman–Crippen LogP) is 5.50. The molecule has 0 radical (unpaired) electrons. The zero-order valence-corrected chi connectivity index (χ0v) is 15.7. The molecule has 0 N–H and O–H groups in total. The molecule has 26 heavy (non-hydrogen) atoms. The van der Waals surface area contributed by atoms with Crippen LogP contribution in [0, 0.1) is 11.8 Å².